The molecule has 2 aromatic carbocycles. The molecule has 0 saturated heterocycles. The van der Waals surface area contributed by atoms with Crippen molar-refractivity contribution in [3.8, 4) is 11.3 Å². The van der Waals surface area contributed by atoms with Crippen LogP contribution in [0.25, 0.3) is 11.3 Å². The number of rotatable bonds is 3. The fourth-order valence-corrected chi connectivity index (χ4v) is 2.77. The minimum absolute atomic E-state index is 0.166. The van der Waals surface area contributed by atoms with Crippen molar-refractivity contribution < 1.29 is 0 Å². The zero-order valence-corrected chi connectivity index (χ0v) is 12.5. The van der Waals surface area contributed by atoms with Gasteiger partial charge in [-0.1, -0.05) is 53.7 Å². The van der Waals surface area contributed by atoms with Gasteiger partial charge in [0.15, 0.2) is 5.16 Å². The zero-order chi connectivity index (χ0) is 14.7. The molecule has 1 heterocycles. The fraction of sp³-hybridized carbons (Fsp3) is 0. The van der Waals surface area contributed by atoms with Gasteiger partial charge in [-0.05, 0) is 24.3 Å². The van der Waals surface area contributed by atoms with Gasteiger partial charge in [-0.3, -0.25) is 4.79 Å². The predicted molar refractivity (Wildman–Crippen MR) is 85.9 cm³/mol. The van der Waals surface area contributed by atoms with Crippen LogP contribution in [0.1, 0.15) is 0 Å². The van der Waals surface area contributed by atoms with Crippen LogP contribution >= 0.6 is 23.4 Å². The molecule has 0 fully saturated rings. The Bertz CT molecular complexity index is 801. The van der Waals surface area contributed by atoms with Crippen molar-refractivity contribution in [1.82, 2.24) is 9.97 Å². The van der Waals surface area contributed by atoms with Crippen molar-refractivity contribution in [2.75, 3.05) is 0 Å². The lowest BCUT2D eigenvalue weighted by atomic mass is 10.1. The first-order valence-corrected chi connectivity index (χ1v) is 7.50. The van der Waals surface area contributed by atoms with Crippen molar-refractivity contribution in [3.05, 3.63) is 76.0 Å². The summed E-state index contributed by atoms with van der Waals surface area (Å²) in [5.74, 6) is 0. The first-order valence-electron chi connectivity index (χ1n) is 6.31. The maximum absolute atomic E-state index is 11.8. The standard InChI is InChI=1S/C16H11ClN2OS/c17-12-6-8-13(9-7-12)21-16-18-14(10-15(20)19-16)11-4-2-1-3-5-11/h1-10H,(H,18,19,20). The third-order valence-electron chi connectivity index (χ3n) is 2.82. The SMILES string of the molecule is O=c1cc(-c2ccccc2)nc(Sc2ccc(Cl)cc2)[nH]1. The summed E-state index contributed by atoms with van der Waals surface area (Å²) in [6, 6.07) is 18.5. The summed E-state index contributed by atoms with van der Waals surface area (Å²) in [5, 5.41) is 1.24. The highest BCUT2D eigenvalue weighted by atomic mass is 35.5. The van der Waals surface area contributed by atoms with Gasteiger partial charge in [0.2, 0.25) is 0 Å². The molecule has 0 spiro atoms. The Hall–Kier alpha value is -2.04. The van der Waals surface area contributed by atoms with Crippen LogP contribution < -0.4 is 5.56 Å². The van der Waals surface area contributed by atoms with Gasteiger partial charge in [0.1, 0.15) is 0 Å². The van der Waals surface area contributed by atoms with Gasteiger partial charge < -0.3 is 4.98 Å². The number of nitrogens with one attached hydrogen (secondary N) is 1. The van der Waals surface area contributed by atoms with Crippen molar-refractivity contribution in [2.24, 2.45) is 0 Å². The molecular weight excluding hydrogens is 304 g/mol. The third-order valence-corrected chi connectivity index (χ3v) is 3.96. The molecule has 0 atom stereocenters. The number of nitrogens with zero attached hydrogens (tertiary/aromatic N) is 1. The molecule has 1 aromatic heterocycles. The summed E-state index contributed by atoms with van der Waals surface area (Å²) in [6.45, 7) is 0. The number of aromatic nitrogens is 2. The molecule has 1 N–H and O–H groups in total. The third kappa shape index (κ3) is 3.54. The summed E-state index contributed by atoms with van der Waals surface area (Å²) in [6.07, 6.45) is 0. The molecular formula is C16H11ClN2OS. The summed E-state index contributed by atoms with van der Waals surface area (Å²) >= 11 is 7.26. The molecule has 0 radical (unpaired) electrons. The molecule has 21 heavy (non-hydrogen) atoms. The van der Waals surface area contributed by atoms with Crippen molar-refractivity contribution >= 4 is 23.4 Å². The van der Waals surface area contributed by atoms with Crippen molar-refractivity contribution in [1.29, 1.82) is 0 Å². The second kappa shape index (κ2) is 6.16. The van der Waals surface area contributed by atoms with Crippen molar-refractivity contribution in [2.45, 2.75) is 10.1 Å². The zero-order valence-electron chi connectivity index (χ0n) is 10.9. The predicted octanol–water partition coefficient (Wildman–Crippen LogP) is 4.24. The van der Waals surface area contributed by atoms with Crippen molar-refractivity contribution in [3.63, 3.8) is 0 Å². The maximum Gasteiger partial charge on any atom is 0.252 e. The average Bonchev–Trinajstić information content (AvgIpc) is 2.50. The van der Waals surface area contributed by atoms with E-state index in [1.807, 2.05) is 54.6 Å². The van der Waals surface area contributed by atoms with Gasteiger partial charge in [-0.2, -0.15) is 0 Å². The molecule has 0 bridgehead atoms. The van der Waals surface area contributed by atoms with Crippen LogP contribution in [-0.2, 0) is 0 Å². The minimum Gasteiger partial charge on any atom is -0.301 e. The lowest BCUT2D eigenvalue weighted by Crippen LogP contribution is -2.07. The Morgan fingerprint density at radius 3 is 2.43 bits per heavy atom. The van der Waals surface area contributed by atoms with Gasteiger partial charge in [0.05, 0.1) is 5.69 Å². The average molecular weight is 315 g/mol. The van der Waals surface area contributed by atoms with Gasteiger partial charge in [0.25, 0.3) is 5.56 Å². The first kappa shape index (κ1) is 13.9. The van der Waals surface area contributed by atoms with Gasteiger partial charge in [-0.15, -0.1) is 0 Å². The van der Waals surface area contributed by atoms with Crippen LogP contribution in [0.4, 0.5) is 0 Å². The van der Waals surface area contributed by atoms with Gasteiger partial charge >= 0.3 is 0 Å². The number of halogens is 1. The lowest BCUT2D eigenvalue weighted by Gasteiger charge is -2.04. The summed E-state index contributed by atoms with van der Waals surface area (Å²) in [5.41, 5.74) is 1.41. The van der Waals surface area contributed by atoms with E-state index < -0.39 is 0 Å². The summed E-state index contributed by atoms with van der Waals surface area (Å²) < 4.78 is 0. The van der Waals surface area contributed by atoms with E-state index in [1.54, 1.807) is 0 Å². The topological polar surface area (TPSA) is 45.8 Å². The molecule has 0 aliphatic heterocycles. The number of aromatic amines is 1. The molecule has 3 rings (SSSR count). The van der Waals surface area contributed by atoms with Crippen LogP contribution in [0.3, 0.4) is 0 Å². The number of hydrogen-bond donors (Lipinski definition) is 1. The number of hydrogen-bond acceptors (Lipinski definition) is 3. The van der Waals surface area contributed by atoms with E-state index in [0.29, 0.717) is 15.9 Å². The largest absolute Gasteiger partial charge is 0.301 e. The summed E-state index contributed by atoms with van der Waals surface area (Å²) in [4.78, 5) is 20.0. The second-order valence-electron chi connectivity index (χ2n) is 4.36. The molecule has 0 aliphatic rings. The van der Waals surface area contributed by atoms with E-state index in [1.165, 1.54) is 17.8 Å². The fourth-order valence-electron chi connectivity index (χ4n) is 1.85. The maximum atomic E-state index is 11.8. The van der Waals surface area contributed by atoms with Crippen LogP contribution in [0.5, 0.6) is 0 Å². The normalized spacial score (nSPS) is 10.5. The van der Waals surface area contributed by atoms with E-state index in [-0.39, 0.29) is 5.56 Å². The quantitative estimate of drug-likeness (QED) is 0.735. The van der Waals surface area contributed by atoms with E-state index in [0.717, 1.165) is 10.5 Å². The first-order chi connectivity index (χ1) is 10.2. The Labute approximate surface area is 131 Å². The van der Waals surface area contributed by atoms with Crippen LogP contribution in [0.15, 0.2) is 75.5 Å². The second-order valence-corrected chi connectivity index (χ2v) is 5.86. The molecule has 5 heteroatoms. The molecule has 0 aliphatic carbocycles. The Balaban J connectivity index is 1.95. The van der Waals surface area contributed by atoms with Crippen LogP contribution in [0.2, 0.25) is 5.02 Å². The molecule has 0 amide bonds. The molecule has 0 saturated carbocycles. The highest BCUT2D eigenvalue weighted by Crippen LogP contribution is 2.26. The highest BCUT2D eigenvalue weighted by Gasteiger charge is 2.05. The van der Waals surface area contributed by atoms with Gasteiger partial charge in [-0.25, -0.2) is 4.98 Å². The van der Waals surface area contributed by atoms with Crippen LogP contribution in [-0.4, -0.2) is 9.97 Å². The van der Waals surface area contributed by atoms with E-state index >= 15 is 0 Å². The molecule has 0 unspecified atom stereocenters. The highest BCUT2D eigenvalue weighted by molar-refractivity contribution is 7.99. The molecule has 3 nitrogen and oxygen atoms in total. The van der Waals surface area contributed by atoms with E-state index in [2.05, 4.69) is 9.97 Å². The molecule has 3 aromatic rings. The molecule has 104 valence electrons. The Morgan fingerprint density at radius 1 is 1.00 bits per heavy atom. The van der Waals surface area contributed by atoms with E-state index in [4.69, 9.17) is 11.6 Å². The van der Waals surface area contributed by atoms with E-state index in [9.17, 15) is 4.79 Å². The summed E-state index contributed by atoms with van der Waals surface area (Å²) in [7, 11) is 0. The Morgan fingerprint density at radius 2 is 1.71 bits per heavy atom. The lowest BCUT2D eigenvalue weighted by molar-refractivity contribution is 0.942. The monoisotopic (exact) mass is 314 g/mol. The number of H-pyrrole nitrogens is 1. The van der Waals surface area contributed by atoms with Crippen LogP contribution in [0, 0.1) is 0 Å². The Kier molecular flexibility index (Phi) is 4.08. The smallest absolute Gasteiger partial charge is 0.252 e. The number of benzene rings is 2. The van der Waals surface area contributed by atoms with Gasteiger partial charge in [0, 0.05) is 21.5 Å². The minimum atomic E-state index is -0.166.